The van der Waals surface area contributed by atoms with Crippen LogP contribution in [0.5, 0.6) is 0 Å². The summed E-state index contributed by atoms with van der Waals surface area (Å²) in [6, 6.07) is 13.1. The zero-order chi connectivity index (χ0) is 29.5. The highest BCUT2D eigenvalue weighted by atomic mass is 16.6. The summed E-state index contributed by atoms with van der Waals surface area (Å²) < 4.78 is 12.2. The number of hydrogen-bond acceptors (Lipinski definition) is 6. The summed E-state index contributed by atoms with van der Waals surface area (Å²) >= 11 is 0. The molecule has 3 aliphatic rings. The maximum atomic E-state index is 14.9. The molecule has 2 unspecified atom stereocenters. The molecule has 3 fully saturated rings. The molecule has 8 heteroatoms. The van der Waals surface area contributed by atoms with Crippen molar-refractivity contribution in [3.63, 3.8) is 0 Å². The lowest BCUT2D eigenvalue weighted by Gasteiger charge is -2.40. The molecule has 3 saturated heterocycles. The molecule has 2 aromatic carbocycles. The third-order valence-electron chi connectivity index (χ3n) is 8.97. The normalized spacial score (nSPS) is 28.7. The Kier molecular flexibility index (Phi) is 7.66. The van der Waals surface area contributed by atoms with E-state index in [1.807, 2.05) is 69.3 Å². The molecule has 0 radical (unpaired) electrons. The molecule has 2 amide bonds. The lowest BCUT2D eigenvalue weighted by Crippen LogP contribution is -2.57. The van der Waals surface area contributed by atoms with Gasteiger partial charge in [0.15, 0.2) is 0 Å². The second-order valence-electron chi connectivity index (χ2n) is 11.5. The number of benzene rings is 2. The monoisotopic (exact) mass is 558 g/mol. The number of anilines is 1. The fourth-order valence-corrected chi connectivity index (χ4v) is 7.19. The number of hydrogen-bond donors (Lipinski definition) is 1. The van der Waals surface area contributed by atoms with Crippen LogP contribution in [0.3, 0.4) is 0 Å². The van der Waals surface area contributed by atoms with Crippen molar-refractivity contribution in [2.75, 3.05) is 24.7 Å². The Hall–Kier alpha value is -3.75. The van der Waals surface area contributed by atoms with E-state index in [9.17, 15) is 19.5 Å². The number of carbonyl (C=O) groups excluding carboxylic acids is 3. The van der Waals surface area contributed by atoms with Gasteiger partial charge in [0.1, 0.15) is 24.2 Å². The van der Waals surface area contributed by atoms with Gasteiger partial charge in [-0.1, -0.05) is 61.2 Å². The minimum atomic E-state index is -1.26. The van der Waals surface area contributed by atoms with Gasteiger partial charge < -0.3 is 24.4 Å². The number of aliphatic hydroxyl groups excluding tert-OH is 1. The Morgan fingerprint density at radius 2 is 1.90 bits per heavy atom. The number of amides is 2. The zero-order valence-electron chi connectivity index (χ0n) is 23.9. The largest absolute Gasteiger partial charge is 0.461 e. The van der Waals surface area contributed by atoms with E-state index in [1.54, 1.807) is 11.0 Å². The summed E-state index contributed by atoms with van der Waals surface area (Å²) in [5, 5.41) is 10.7. The summed E-state index contributed by atoms with van der Waals surface area (Å²) in [6.07, 6.45) is 4.04. The van der Waals surface area contributed by atoms with Gasteiger partial charge in [-0.25, -0.2) is 0 Å². The standard InChI is InChI=1S/C33H38N2O6/c1-6-17-34(24-19-21(3)13-14-22(24)4)30(38)28-33-16-15-32(5,41-33)27(31(39)40-18-7-2)26(33)29(37)35(28)25(20-36)23-11-9-8-10-12-23/h6-14,19,25-28,36H,1-2,15-18,20H2,3-5H3/t25-,26+,27-,28?,32+,33?/m1/s1. The third-order valence-corrected chi connectivity index (χ3v) is 8.97. The Labute approximate surface area is 241 Å². The van der Waals surface area contributed by atoms with E-state index in [0.29, 0.717) is 24.1 Å². The summed E-state index contributed by atoms with van der Waals surface area (Å²) in [7, 11) is 0. The molecular weight excluding hydrogens is 520 g/mol. The molecule has 41 heavy (non-hydrogen) atoms. The van der Waals surface area contributed by atoms with Crippen LogP contribution in [0, 0.1) is 25.7 Å². The lowest BCUT2D eigenvalue weighted by molar-refractivity contribution is -0.159. The summed E-state index contributed by atoms with van der Waals surface area (Å²) in [6.45, 7) is 13.0. The van der Waals surface area contributed by atoms with E-state index in [2.05, 4.69) is 13.2 Å². The fraction of sp³-hybridized carbons (Fsp3) is 0.424. The first-order chi connectivity index (χ1) is 19.6. The third kappa shape index (κ3) is 4.50. The zero-order valence-corrected chi connectivity index (χ0v) is 23.9. The van der Waals surface area contributed by atoms with Crippen LogP contribution in [-0.4, -0.2) is 64.8 Å². The first-order valence-corrected chi connectivity index (χ1v) is 14.1. The number of esters is 1. The molecule has 3 aliphatic heterocycles. The second kappa shape index (κ2) is 10.9. The van der Waals surface area contributed by atoms with Crippen LogP contribution in [0.1, 0.15) is 42.5 Å². The number of rotatable bonds is 10. The molecule has 2 bridgehead atoms. The molecule has 216 valence electrons. The average Bonchev–Trinajstić information content (AvgIpc) is 3.53. The maximum Gasteiger partial charge on any atom is 0.313 e. The van der Waals surface area contributed by atoms with Gasteiger partial charge in [0.25, 0.3) is 5.91 Å². The number of aliphatic hydroxyl groups is 1. The highest BCUT2D eigenvalue weighted by molar-refractivity contribution is 6.05. The molecule has 3 heterocycles. The topological polar surface area (TPSA) is 96.4 Å². The predicted octanol–water partition coefficient (Wildman–Crippen LogP) is 4.05. The van der Waals surface area contributed by atoms with Crippen molar-refractivity contribution in [2.24, 2.45) is 11.8 Å². The van der Waals surface area contributed by atoms with Gasteiger partial charge >= 0.3 is 5.97 Å². The Bertz CT molecular complexity index is 1380. The lowest BCUT2D eigenvalue weighted by atomic mass is 9.66. The molecular formula is C33H38N2O6. The summed E-state index contributed by atoms with van der Waals surface area (Å²) in [4.78, 5) is 46.0. The SMILES string of the molecule is C=CCOC(=O)[C@H]1[C@H]2C(=O)N([C@H](CO)c3ccccc3)C(C(=O)N(CC=C)c3cc(C)ccc3C)C23CC[C@]1(C)O3. The van der Waals surface area contributed by atoms with Crippen molar-refractivity contribution >= 4 is 23.5 Å². The predicted molar refractivity (Wildman–Crippen MR) is 155 cm³/mol. The molecule has 1 N–H and O–H groups in total. The van der Waals surface area contributed by atoms with Crippen molar-refractivity contribution in [2.45, 2.75) is 56.9 Å². The molecule has 2 aromatic rings. The van der Waals surface area contributed by atoms with E-state index >= 15 is 0 Å². The van der Waals surface area contributed by atoms with Crippen LogP contribution in [0.25, 0.3) is 0 Å². The summed E-state index contributed by atoms with van der Waals surface area (Å²) in [5.74, 6) is -3.11. The number of aryl methyl sites for hydroxylation is 2. The van der Waals surface area contributed by atoms with Crippen LogP contribution < -0.4 is 4.90 Å². The van der Waals surface area contributed by atoms with Gasteiger partial charge in [-0.05, 0) is 56.4 Å². The van der Waals surface area contributed by atoms with E-state index in [0.717, 1.165) is 11.1 Å². The summed E-state index contributed by atoms with van der Waals surface area (Å²) in [5.41, 5.74) is 1.05. The number of fused-ring (bicyclic) bond motifs is 1. The van der Waals surface area contributed by atoms with Crippen molar-refractivity contribution in [1.82, 2.24) is 4.90 Å². The molecule has 0 aliphatic carbocycles. The Balaban J connectivity index is 1.68. The molecule has 5 rings (SSSR count). The van der Waals surface area contributed by atoms with E-state index in [-0.39, 0.29) is 19.1 Å². The van der Waals surface area contributed by atoms with Gasteiger partial charge in [0.05, 0.1) is 24.2 Å². The molecule has 0 saturated carbocycles. The van der Waals surface area contributed by atoms with Crippen molar-refractivity contribution in [3.05, 3.63) is 90.5 Å². The van der Waals surface area contributed by atoms with E-state index in [1.165, 1.54) is 11.0 Å². The minimum absolute atomic E-state index is 0.00836. The minimum Gasteiger partial charge on any atom is -0.461 e. The van der Waals surface area contributed by atoms with Gasteiger partial charge in [0.2, 0.25) is 5.91 Å². The van der Waals surface area contributed by atoms with Gasteiger partial charge in [0, 0.05) is 12.2 Å². The smallest absolute Gasteiger partial charge is 0.313 e. The van der Waals surface area contributed by atoms with Crippen molar-refractivity contribution in [1.29, 1.82) is 0 Å². The highest BCUT2D eigenvalue weighted by Gasteiger charge is 2.79. The van der Waals surface area contributed by atoms with Gasteiger partial charge in [-0.3, -0.25) is 14.4 Å². The van der Waals surface area contributed by atoms with E-state index < -0.39 is 53.6 Å². The quantitative estimate of drug-likeness (QED) is 0.349. The molecule has 8 nitrogen and oxygen atoms in total. The second-order valence-corrected chi connectivity index (χ2v) is 11.5. The van der Waals surface area contributed by atoms with Gasteiger partial charge in [-0.2, -0.15) is 0 Å². The molecule has 1 spiro atoms. The van der Waals surface area contributed by atoms with Crippen molar-refractivity contribution < 1.29 is 29.0 Å². The molecule has 6 atom stereocenters. The van der Waals surface area contributed by atoms with Crippen LogP contribution in [-0.2, 0) is 23.9 Å². The average molecular weight is 559 g/mol. The van der Waals surface area contributed by atoms with Gasteiger partial charge in [-0.15, -0.1) is 6.58 Å². The Morgan fingerprint density at radius 3 is 2.56 bits per heavy atom. The number of likely N-dealkylation sites (tertiary alicyclic amines) is 1. The van der Waals surface area contributed by atoms with Crippen LogP contribution in [0.4, 0.5) is 5.69 Å². The van der Waals surface area contributed by atoms with Crippen molar-refractivity contribution in [3.8, 4) is 0 Å². The highest BCUT2D eigenvalue weighted by Crippen LogP contribution is 2.64. The van der Waals surface area contributed by atoms with E-state index in [4.69, 9.17) is 9.47 Å². The molecule has 0 aromatic heterocycles. The number of ether oxygens (including phenoxy) is 2. The maximum absolute atomic E-state index is 14.9. The number of nitrogens with zero attached hydrogens (tertiary/aromatic N) is 2. The van der Waals surface area contributed by atoms with Crippen LogP contribution in [0.2, 0.25) is 0 Å². The first-order valence-electron chi connectivity index (χ1n) is 14.1. The first kappa shape index (κ1) is 28.8. The fourth-order valence-electron chi connectivity index (χ4n) is 7.19. The number of carbonyl (C=O) groups is 3. The van der Waals surface area contributed by atoms with Crippen LogP contribution >= 0.6 is 0 Å². The Morgan fingerprint density at radius 1 is 1.17 bits per heavy atom. The van der Waals surface area contributed by atoms with Crippen LogP contribution in [0.15, 0.2) is 73.8 Å².